The number of hydrogen-bond donors (Lipinski definition) is 0. The first kappa shape index (κ1) is 7.54. The summed E-state index contributed by atoms with van der Waals surface area (Å²) in [5.41, 5.74) is 1.17. The first-order valence-electron chi connectivity index (χ1n) is 2.91. The average Bonchev–Trinajstić information content (AvgIpc) is 2.05. The molecule has 0 aliphatic rings. The summed E-state index contributed by atoms with van der Waals surface area (Å²) in [5.74, 6) is 0.664. The van der Waals surface area contributed by atoms with E-state index >= 15 is 0 Å². The number of aromatic nitrogens is 1. The fraction of sp³-hybridized carbons (Fsp3) is 0.286. The molecule has 1 heterocycles. The zero-order chi connectivity index (χ0) is 7.40. The number of nitrogens with zero attached hydrogens (tertiary/aromatic N) is 1. The molecule has 1 rings (SSSR count). The van der Waals surface area contributed by atoms with Crippen LogP contribution >= 0.6 is 15.9 Å². The number of halogens is 1. The maximum Gasteiger partial charge on any atom is 0.213 e. The van der Waals surface area contributed by atoms with E-state index in [4.69, 9.17) is 4.74 Å². The van der Waals surface area contributed by atoms with Gasteiger partial charge in [-0.3, -0.25) is 0 Å². The molecular formula is C7H8BrNO. The minimum absolute atomic E-state index is 0.664. The summed E-state index contributed by atoms with van der Waals surface area (Å²) in [6, 6.07) is 3.84. The van der Waals surface area contributed by atoms with Gasteiger partial charge in [-0.05, 0) is 11.6 Å². The van der Waals surface area contributed by atoms with Crippen LogP contribution in [0.3, 0.4) is 0 Å². The van der Waals surface area contributed by atoms with E-state index in [9.17, 15) is 0 Å². The highest BCUT2D eigenvalue weighted by Crippen LogP contribution is 2.10. The molecule has 0 saturated heterocycles. The van der Waals surface area contributed by atoms with Crippen LogP contribution in [0.5, 0.6) is 5.88 Å². The molecule has 54 valence electrons. The van der Waals surface area contributed by atoms with Crippen LogP contribution in [0.4, 0.5) is 0 Å². The van der Waals surface area contributed by atoms with Crippen LogP contribution in [-0.4, -0.2) is 12.1 Å². The quantitative estimate of drug-likeness (QED) is 0.684. The highest BCUT2D eigenvalue weighted by atomic mass is 79.9. The van der Waals surface area contributed by atoms with Crippen LogP contribution in [0.25, 0.3) is 0 Å². The van der Waals surface area contributed by atoms with Crippen molar-refractivity contribution in [3.8, 4) is 5.88 Å². The van der Waals surface area contributed by atoms with Crippen molar-refractivity contribution in [2.45, 2.75) is 5.33 Å². The Morgan fingerprint density at radius 1 is 1.70 bits per heavy atom. The fourth-order valence-corrected chi connectivity index (χ4v) is 0.994. The predicted octanol–water partition coefficient (Wildman–Crippen LogP) is 1.99. The molecule has 0 unspecified atom stereocenters. The summed E-state index contributed by atoms with van der Waals surface area (Å²) in [7, 11) is 1.61. The van der Waals surface area contributed by atoms with Crippen molar-refractivity contribution in [2.75, 3.05) is 7.11 Å². The topological polar surface area (TPSA) is 22.1 Å². The molecule has 0 spiro atoms. The number of pyridine rings is 1. The van der Waals surface area contributed by atoms with Crippen LogP contribution in [0.15, 0.2) is 18.3 Å². The molecule has 2 nitrogen and oxygen atoms in total. The number of methoxy groups -OCH3 is 1. The minimum atomic E-state index is 0.664. The third-order valence-corrected chi connectivity index (χ3v) is 1.81. The van der Waals surface area contributed by atoms with Gasteiger partial charge in [0.15, 0.2) is 0 Å². The molecule has 0 fully saturated rings. The molecule has 0 saturated carbocycles. The van der Waals surface area contributed by atoms with Crippen molar-refractivity contribution in [3.63, 3.8) is 0 Å². The monoisotopic (exact) mass is 201 g/mol. The highest BCUT2D eigenvalue weighted by molar-refractivity contribution is 9.08. The van der Waals surface area contributed by atoms with E-state index in [0.29, 0.717) is 5.88 Å². The third-order valence-electron chi connectivity index (χ3n) is 1.16. The molecule has 0 radical (unpaired) electrons. The van der Waals surface area contributed by atoms with Crippen molar-refractivity contribution in [1.82, 2.24) is 4.98 Å². The summed E-state index contributed by atoms with van der Waals surface area (Å²) >= 11 is 3.34. The molecule has 0 bridgehead atoms. The number of hydrogen-bond acceptors (Lipinski definition) is 2. The standard InChI is InChI=1S/C7H8BrNO/c1-10-7-4-6(5-8)2-3-9-7/h2-4H,5H2,1H3. The zero-order valence-electron chi connectivity index (χ0n) is 5.67. The van der Waals surface area contributed by atoms with Gasteiger partial charge in [-0.15, -0.1) is 0 Å². The van der Waals surface area contributed by atoms with Crippen molar-refractivity contribution in [1.29, 1.82) is 0 Å². The van der Waals surface area contributed by atoms with E-state index in [1.54, 1.807) is 13.3 Å². The molecule has 0 aliphatic heterocycles. The zero-order valence-corrected chi connectivity index (χ0v) is 7.26. The van der Waals surface area contributed by atoms with Gasteiger partial charge in [0.05, 0.1) is 7.11 Å². The van der Waals surface area contributed by atoms with Gasteiger partial charge in [-0.2, -0.15) is 0 Å². The van der Waals surface area contributed by atoms with E-state index in [1.165, 1.54) is 5.56 Å². The molecule has 0 N–H and O–H groups in total. The summed E-state index contributed by atoms with van der Waals surface area (Å²) in [6.07, 6.45) is 1.73. The first-order chi connectivity index (χ1) is 4.86. The summed E-state index contributed by atoms with van der Waals surface area (Å²) < 4.78 is 4.92. The van der Waals surface area contributed by atoms with E-state index in [-0.39, 0.29) is 0 Å². The summed E-state index contributed by atoms with van der Waals surface area (Å²) in [6.45, 7) is 0. The van der Waals surface area contributed by atoms with Crippen LogP contribution in [-0.2, 0) is 5.33 Å². The smallest absolute Gasteiger partial charge is 0.213 e. The number of alkyl halides is 1. The fourth-order valence-electron chi connectivity index (χ4n) is 0.645. The van der Waals surface area contributed by atoms with Gasteiger partial charge >= 0.3 is 0 Å². The Morgan fingerprint density at radius 3 is 3.10 bits per heavy atom. The first-order valence-corrected chi connectivity index (χ1v) is 4.04. The molecule has 0 atom stereocenters. The van der Waals surface area contributed by atoms with Gasteiger partial charge in [0.2, 0.25) is 5.88 Å². The molecule has 0 aliphatic carbocycles. The molecule has 0 aromatic carbocycles. The second-order valence-corrected chi connectivity index (χ2v) is 2.40. The van der Waals surface area contributed by atoms with Crippen LogP contribution in [0.1, 0.15) is 5.56 Å². The normalized spacial score (nSPS) is 9.40. The van der Waals surface area contributed by atoms with E-state index in [0.717, 1.165) is 5.33 Å². The number of rotatable bonds is 2. The largest absolute Gasteiger partial charge is 0.481 e. The second kappa shape index (κ2) is 3.56. The average molecular weight is 202 g/mol. The van der Waals surface area contributed by atoms with Crippen molar-refractivity contribution >= 4 is 15.9 Å². The highest BCUT2D eigenvalue weighted by Gasteiger charge is 1.92. The third kappa shape index (κ3) is 1.70. The van der Waals surface area contributed by atoms with Crippen LogP contribution in [0, 0.1) is 0 Å². The lowest BCUT2D eigenvalue weighted by Gasteiger charge is -1.98. The second-order valence-electron chi connectivity index (χ2n) is 1.84. The van der Waals surface area contributed by atoms with Gasteiger partial charge in [-0.25, -0.2) is 4.98 Å². The lowest BCUT2D eigenvalue weighted by molar-refractivity contribution is 0.397. The van der Waals surface area contributed by atoms with Crippen molar-refractivity contribution < 1.29 is 4.74 Å². The van der Waals surface area contributed by atoms with Gasteiger partial charge in [0, 0.05) is 17.6 Å². The Balaban J connectivity index is 2.87. The van der Waals surface area contributed by atoms with Crippen molar-refractivity contribution in [2.24, 2.45) is 0 Å². The maximum atomic E-state index is 4.92. The van der Waals surface area contributed by atoms with Crippen LogP contribution in [0.2, 0.25) is 0 Å². The Morgan fingerprint density at radius 2 is 2.50 bits per heavy atom. The van der Waals surface area contributed by atoms with E-state index in [1.807, 2.05) is 12.1 Å². The van der Waals surface area contributed by atoms with Gasteiger partial charge in [0.1, 0.15) is 0 Å². The molecule has 1 aromatic rings. The predicted molar refractivity (Wildman–Crippen MR) is 43.4 cm³/mol. The van der Waals surface area contributed by atoms with Crippen LogP contribution < -0.4 is 4.74 Å². The number of ether oxygens (including phenoxy) is 1. The molecular weight excluding hydrogens is 194 g/mol. The lowest BCUT2D eigenvalue weighted by atomic mass is 10.3. The van der Waals surface area contributed by atoms with Gasteiger partial charge in [-0.1, -0.05) is 15.9 Å². The molecule has 0 amide bonds. The lowest BCUT2D eigenvalue weighted by Crippen LogP contribution is -1.87. The SMILES string of the molecule is COc1cc(CBr)ccn1. The maximum absolute atomic E-state index is 4.92. The molecule has 3 heteroatoms. The summed E-state index contributed by atoms with van der Waals surface area (Å²) in [5, 5.41) is 0.839. The van der Waals surface area contributed by atoms with Gasteiger partial charge < -0.3 is 4.74 Å². The Kier molecular flexibility index (Phi) is 2.68. The molecule has 10 heavy (non-hydrogen) atoms. The molecule has 1 aromatic heterocycles. The van der Waals surface area contributed by atoms with E-state index in [2.05, 4.69) is 20.9 Å². The van der Waals surface area contributed by atoms with Crippen molar-refractivity contribution in [3.05, 3.63) is 23.9 Å². The Hall–Kier alpha value is -0.570. The Labute approximate surface area is 68.4 Å². The Bertz CT molecular complexity index is 195. The van der Waals surface area contributed by atoms with Gasteiger partial charge in [0.25, 0.3) is 0 Å². The van der Waals surface area contributed by atoms with E-state index < -0.39 is 0 Å². The minimum Gasteiger partial charge on any atom is -0.481 e. The summed E-state index contributed by atoms with van der Waals surface area (Å²) in [4.78, 5) is 3.96.